The summed E-state index contributed by atoms with van der Waals surface area (Å²) in [4.78, 5) is 14.0. The average Bonchev–Trinajstić information content (AvgIpc) is 2.35. The van der Waals surface area contributed by atoms with Crippen LogP contribution in [0.1, 0.15) is 13.8 Å². The van der Waals surface area contributed by atoms with Gasteiger partial charge in [-0.1, -0.05) is 0 Å². The highest BCUT2D eigenvalue weighted by Crippen LogP contribution is 2.25. The third-order valence-electron chi connectivity index (χ3n) is 2.79. The standard InChI is InChI=1S/C12H17N3O4/c1-12(2)8-14-5-9(19-12)7-18-11-3-4-13-6-10(11)15(16)17/h3-4,6,9,14H,5,7-8H2,1-2H3. The molecule has 1 fully saturated rings. The van der Waals surface area contributed by atoms with Crippen LogP contribution in [0, 0.1) is 10.1 Å². The first kappa shape index (κ1) is 13.7. The molecule has 2 heterocycles. The largest absolute Gasteiger partial charge is 0.484 e. The second-order valence-electron chi connectivity index (χ2n) is 5.04. The van der Waals surface area contributed by atoms with Gasteiger partial charge in [-0.05, 0) is 13.8 Å². The summed E-state index contributed by atoms with van der Waals surface area (Å²) < 4.78 is 11.3. The smallest absolute Gasteiger partial charge is 0.329 e. The van der Waals surface area contributed by atoms with Crippen molar-refractivity contribution in [1.82, 2.24) is 10.3 Å². The maximum absolute atomic E-state index is 10.8. The van der Waals surface area contributed by atoms with Gasteiger partial charge in [0.25, 0.3) is 0 Å². The number of pyridine rings is 1. The van der Waals surface area contributed by atoms with Crippen LogP contribution in [0.15, 0.2) is 18.5 Å². The summed E-state index contributed by atoms with van der Waals surface area (Å²) in [7, 11) is 0. The molecule has 19 heavy (non-hydrogen) atoms. The van der Waals surface area contributed by atoms with Gasteiger partial charge in [-0.15, -0.1) is 0 Å². The van der Waals surface area contributed by atoms with E-state index in [0.29, 0.717) is 6.54 Å². The first-order valence-electron chi connectivity index (χ1n) is 6.08. The quantitative estimate of drug-likeness (QED) is 0.650. The second kappa shape index (κ2) is 5.50. The second-order valence-corrected chi connectivity index (χ2v) is 5.04. The maximum Gasteiger partial charge on any atom is 0.329 e. The van der Waals surface area contributed by atoms with Gasteiger partial charge in [-0.25, -0.2) is 0 Å². The number of rotatable bonds is 4. The van der Waals surface area contributed by atoms with Crippen LogP contribution in [0.5, 0.6) is 5.75 Å². The Morgan fingerprint density at radius 2 is 2.47 bits per heavy atom. The summed E-state index contributed by atoms with van der Waals surface area (Å²) in [5, 5.41) is 14.1. The van der Waals surface area contributed by atoms with Crippen molar-refractivity contribution in [2.45, 2.75) is 25.6 Å². The number of aromatic nitrogens is 1. The molecular weight excluding hydrogens is 250 g/mol. The highest BCUT2D eigenvalue weighted by Gasteiger charge is 2.29. The van der Waals surface area contributed by atoms with E-state index in [4.69, 9.17) is 9.47 Å². The van der Waals surface area contributed by atoms with E-state index in [1.807, 2.05) is 13.8 Å². The van der Waals surface area contributed by atoms with Crippen molar-refractivity contribution in [1.29, 1.82) is 0 Å². The summed E-state index contributed by atoms with van der Waals surface area (Å²) in [5.74, 6) is 0.215. The molecule has 1 aliphatic rings. The summed E-state index contributed by atoms with van der Waals surface area (Å²) in [5.41, 5.74) is -0.387. The maximum atomic E-state index is 10.8. The molecule has 1 unspecified atom stereocenters. The highest BCUT2D eigenvalue weighted by molar-refractivity contribution is 5.42. The highest BCUT2D eigenvalue weighted by atomic mass is 16.6. The van der Waals surface area contributed by atoms with Crippen LogP contribution < -0.4 is 10.1 Å². The lowest BCUT2D eigenvalue weighted by Crippen LogP contribution is -2.52. The Balaban J connectivity index is 1.97. The van der Waals surface area contributed by atoms with Crippen LogP contribution in [0.2, 0.25) is 0 Å². The Morgan fingerprint density at radius 1 is 1.68 bits per heavy atom. The van der Waals surface area contributed by atoms with Crippen molar-refractivity contribution in [3.8, 4) is 5.75 Å². The predicted molar refractivity (Wildman–Crippen MR) is 68.2 cm³/mol. The number of nitrogens with zero attached hydrogens (tertiary/aromatic N) is 2. The Morgan fingerprint density at radius 3 is 3.16 bits per heavy atom. The summed E-state index contributed by atoms with van der Waals surface area (Å²) in [6.07, 6.45) is 2.52. The van der Waals surface area contributed by atoms with Crippen LogP contribution in [-0.4, -0.2) is 41.3 Å². The topological polar surface area (TPSA) is 86.5 Å². The monoisotopic (exact) mass is 267 g/mol. The van der Waals surface area contributed by atoms with Crippen molar-refractivity contribution < 1.29 is 14.4 Å². The van der Waals surface area contributed by atoms with E-state index in [0.717, 1.165) is 6.54 Å². The van der Waals surface area contributed by atoms with Gasteiger partial charge in [0.15, 0.2) is 5.75 Å². The van der Waals surface area contributed by atoms with Crippen LogP contribution in [0.4, 0.5) is 5.69 Å². The lowest BCUT2D eigenvalue weighted by atomic mass is 10.1. The molecule has 1 aliphatic heterocycles. The SMILES string of the molecule is CC1(C)CNCC(COc2ccncc2[N+](=O)[O-])O1. The zero-order chi connectivity index (χ0) is 13.9. The molecule has 7 heteroatoms. The molecule has 0 spiro atoms. The summed E-state index contributed by atoms with van der Waals surface area (Å²) in [6, 6.07) is 1.49. The van der Waals surface area contributed by atoms with Crippen molar-refractivity contribution >= 4 is 5.69 Å². The number of nitro groups is 1. The lowest BCUT2D eigenvalue weighted by molar-refractivity contribution is -0.386. The van der Waals surface area contributed by atoms with Crippen molar-refractivity contribution in [2.75, 3.05) is 19.7 Å². The fourth-order valence-corrected chi connectivity index (χ4v) is 1.98. The molecule has 1 saturated heterocycles. The average molecular weight is 267 g/mol. The van der Waals surface area contributed by atoms with Gasteiger partial charge in [0.05, 0.1) is 10.5 Å². The number of nitrogens with one attached hydrogen (secondary N) is 1. The van der Waals surface area contributed by atoms with E-state index in [1.165, 1.54) is 18.5 Å². The van der Waals surface area contributed by atoms with Crippen molar-refractivity contribution in [3.05, 3.63) is 28.6 Å². The predicted octanol–water partition coefficient (Wildman–Crippen LogP) is 1.14. The van der Waals surface area contributed by atoms with Gasteiger partial charge in [0.1, 0.15) is 18.9 Å². The fraction of sp³-hybridized carbons (Fsp3) is 0.583. The molecule has 0 saturated carbocycles. The number of hydrogen-bond donors (Lipinski definition) is 1. The normalized spacial score (nSPS) is 21.9. The molecule has 1 N–H and O–H groups in total. The van der Waals surface area contributed by atoms with Gasteiger partial charge in [0, 0.05) is 25.4 Å². The van der Waals surface area contributed by atoms with Gasteiger partial charge >= 0.3 is 5.69 Å². The molecule has 0 aliphatic carbocycles. The molecule has 0 radical (unpaired) electrons. The van der Waals surface area contributed by atoms with Crippen molar-refractivity contribution in [3.63, 3.8) is 0 Å². The minimum atomic E-state index is -0.508. The van der Waals surface area contributed by atoms with Crippen LogP contribution >= 0.6 is 0 Å². The lowest BCUT2D eigenvalue weighted by Gasteiger charge is -2.36. The molecule has 104 valence electrons. The molecule has 0 bridgehead atoms. The third kappa shape index (κ3) is 3.62. The van der Waals surface area contributed by atoms with Crippen LogP contribution in [0.3, 0.4) is 0 Å². The number of hydrogen-bond acceptors (Lipinski definition) is 6. The van der Waals surface area contributed by atoms with E-state index < -0.39 is 4.92 Å². The first-order valence-corrected chi connectivity index (χ1v) is 6.08. The van der Waals surface area contributed by atoms with E-state index >= 15 is 0 Å². The molecule has 0 aromatic carbocycles. The van der Waals surface area contributed by atoms with E-state index in [1.54, 1.807) is 0 Å². The molecule has 1 atom stereocenters. The zero-order valence-electron chi connectivity index (χ0n) is 11.0. The van der Waals surface area contributed by atoms with Gasteiger partial charge in [0.2, 0.25) is 0 Å². The van der Waals surface area contributed by atoms with Gasteiger partial charge in [-0.2, -0.15) is 0 Å². The molecule has 7 nitrogen and oxygen atoms in total. The molecule has 0 amide bonds. The molecule has 1 aromatic rings. The fourth-order valence-electron chi connectivity index (χ4n) is 1.98. The van der Waals surface area contributed by atoms with Crippen LogP contribution in [-0.2, 0) is 4.74 Å². The molecule has 2 rings (SSSR count). The number of morpholine rings is 1. The Labute approximate surface area is 111 Å². The molecular formula is C12H17N3O4. The van der Waals surface area contributed by atoms with Gasteiger partial charge in [-0.3, -0.25) is 15.1 Å². The summed E-state index contributed by atoms with van der Waals surface area (Å²) in [6.45, 7) is 5.69. The zero-order valence-corrected chi connectivity index (χ0v) is 11.0. The third-order valence-corrected chi connectivity index (χ3v) is 2.79. The van der Waals surface area contributed by atoms with E-state index in [-0.39, 0.29) is 29.7 Å². The Bertz CT molecular complexity index is 464. The van der Waals surface area contributed by atoms with E-state index in [9.17, 15) is 10.1 Å². The molecule has 1 aromatic heterocycles. The van der Waals surface area contributed by atoms with Gasteiger partial charge < -0.3 is 14.8 Å². The van der Waals surface area contributed by atoms with Crippen LogP contribution in [0.25, 0.3) is 0 Å². The Hall–Kier alpha value is -1.73. The first-order chi connectivity index (χ1) is 8.98. The summed E-state index contributed by atoms with van der Waals surface area (Å²) >= 11 is 0. The minimum absolute atomic E-state index is 0.128. The van der Waals surface area contributed by atoms with Crippen molar-refractivity contribution in [2.24, 2.45) is 0 Å². The van der Waals surface area contributed by atoms with E-state index in [2.05, 4.69) is 10.3 Å². The Kier molecular flexibility index (Phi) is 3.96. The minimum Gasteiger partial charge on any atom is -0.484 e. The number of ether oxygens (including phenoxy) is 2.